The lowest BCUT2D eigenvalue weighted by Crippen LogP contribution is -2.26. The number of amides is 1. The van der Waals surface area contributed by atoms with Crippen LogP contribution in [0.4, 0.5) is 0 Å². The summed E-state index contributed by atoms with van der Waals surface area (Å²) in [6.45, 7) is 1.26. The van der Waals surface area contributed by atoms with E-state index in [0.717, 1.165) is 0 Å². The van der Waals surface area contributed by atoms with Crippen LogP contribution >= 0.6 is 9.47 Å². The van der Waals surface area contributed by atoms with Crippen LogP contribution in [0, 0.1) is 0 Å². The molecular weight excluding hydrogens is 141 g/mol. The Morgan fingerprint density at radius 1 is 1.67 bits per heavy atom. The van der Waals surface area contributed by atoms with Crippen molar-refractivity contribution < 1.29 is 14.1 Å². The van der Waals surface area contributed by atoms with E-state index >= 15 is 0 Å². The minimum absolute atomic E-state index is 0.0706. The summed E-state index contributed by atoms with van der Waals surface area (Å²) in [6, 6.07) is 0. The van der Waals surface area contributed by atoms with Crippen LogP contribution in [-0.2, 0) is 14.1 Å². The van der Waals surface area contributed by atoms with Crippen LogP contribution in [0.1, 0.15) is 6.92 Å². The Morgan fingerprint density at radius 2 is 2.22 bits per heavy atom. The Bertz CT molecular complexity index is 125. The van der Waals surface area contributed by atoms with Gasteiger partial charge in [-0.2, -0.15) is 0 Å². The maximum atomic E-state index is 10.3. The zero-order chi connectivity index (χ0) is 7.28. The summed E-state index contributed by atoms with van der Waals surface area (Å²) >= 11 is 0. The van der Waals surface area contributed by atoms with E-state index in [1.165, 1.54) is 6.92 Å². The van der Waals surface area contributed by atoms with Gasteiger partial charge in [0.15, 0.2) is 0 Å². The molecule has 9 heavy (non-hydrogen) atoms. The van der Waals surface area contributed by atoms with Gasteiger partial charge in [0, 0.05) is 6.92 Å². The summed E-state index contributed by atoms with van der Waals surface area (Å²) in [7, 11) is 1.80. The van der Waals surface area contributed by atoms with Gasteiger partial charge in [-0.15, -0.1) is 0 Å². The standard InChI is InChI=1S/C4H8NO3P/c1-3(6)5-2-4(7)8-9/h2,9H2,1H3,(H,5,6). The van der Waals surface area contributed by atoms with Crippen molar-refractivity contribution in [2.24, 2.45) is 0 Å². The van der Waals surface area contributed by atoms with Crippen molar-refractivity contribution in [3.63, 3.8) is 0 Å². The zero-order valence-corrected chi connectivity index (χ0v) is 6.16. The maximum absolute atomic E-state index is 10.3. The van der Waals surface area contributed by atoms with Crippen molar-refractivity contribution in [1.29, 1.82) is 0 Å². The maximum Gasteiger partial charge on any atom is 0.327 e. The highest BCUT2D eigenvalue weighted by Gasteiger charge is 1.98. The van der Waals surface area contributed by atoms with E-state index in [1.54, 1.807) is 9.47 Å². The predicted octanol–water partition coefficient (Wildman–Crippen LogP) is -0.544. The molecule has 0 spiro atoms. The van der Waals surface area contributed by atoms with Crippen LogP contribution in [0.15, 0.2) is 0 Å². The first-order chi connectivity index (χ1) is 4.16. The smallest absolute Gasteiger partial charge is 0.327 e. The van der Waals surface area contributed by atoms with Gasteiger partial charge in [-0.3, -0.25) is 4.79 Å². The van der Waals surface area contributed by atoms with Crippen LogP contribution in [0.5, 0.6) is 0 Å². The summed E-state index contributed by atoms with van der Waals surface area (Å²) in [4.78, 5) is 20.4. The monoisotopic (exact) mass is 149 g/mol. The summed E-state index contributed by atoms with van der Waals surface area (Å²) in [5, 5.41) is 2.27. The molecule has 1 amide bonds. The minimum Gasteiger partial charge on any atom is -0.450 e. The molecule has 0 aliphatic rings. The Hall–Kier alpha value is -0.630. The van der Waals surface area contributed by atoms with Gasteiger partial charge in [-0.25, -0.2) is 4.79 Å². The highest BCUT2D eigenvalue weighted by atomic mass is 31.0. The minimum atomic E-state index is -0.477. The van der Waals surface area contributed by atoms with Crippen LogP contribution in [0.3, 0.4) is 0 Å². The van der Waals surface area contributed by atoms with Crippen LogP contribution in [0.25, 0.3) is 0 Å². The van der Waals surface area contributed by atoms with Gasteiger partial charge in [0.2, 0.25) is 5.91 Å². The van der Waals surface area contributed by atoms with Gasteiger partial charge < -0.3 is 9.84 Å². The summed E-state index contributed by atoms with van der Waals surface area (Å²) < 4.78 is 4.16. The third-order valence-electron chi connectivity index (χ3n) is 0.613. The molecule has 0 aliphatic heterocycles. The Labute approximate surface area is 55.2 Å². The summed E-state index contributed by atoms with van der Waals surface area (Å²) in [5.74, 6) is -0.722. The Balaban J connectivity index is 3.28. The second-order valence-electron chi connectivity index (χ2n) is 1.40. The number of rotatable bonds is 2. The number of nitrogens with one attached hydrogen (secondary N) is 1. The lowest BCUT2D eigenvalue weighted by Gasteiger charge is -1.97. The van der Waals surface area contributed by atoms with Gasteiger partial charge in [0.05, 0.1) is 9.47 Å². The molecule has 52 valence electrons. The normalized spacial score (nSPS) is 8.22. The predicted molar refractivity (Wildman–Crippen MR) is 34.5 cm³/mol. The SMILES string of the molecule is CC(=O)NCC(=O)OP. The number of carbonyl (C=O) groups excluding carboxylic acids is 2. The third-order valence-corrected chi connectivity index (χ3v) is 0.876. The number of hydrogen-bond acceptors (Lipinski definition) is 3. The van der Waals surface area contributed by atoms with Gasteiger partial charge >= 0.3 is 5.97 Å². The van der Waals surface area contributed by atoms with E-state index in [9.17, 15) is 9.59 Å². The average molecular weight is 149 g/mol. The third kappa shape index (κ3) is 5.24. The van der Waals surface area contributed by atoms with Gasteiger partial charge in [-0.05, 0) is 0 Å². The molecule has 0 aromatic carbocycles. The number of hydrogen-bond donors (Lipinski definition) is 1. The molecule has 0 aliphatic carbocycles. The van der Waals surface area contributed by atoms with Crippen molar-refractivity contribution in [3.05, 3.63) is 0 Å². The van der Waals surface area contributed by atoms with Crippen LogP contribution < -0.4 is 5.32 Å². The molecule has 0 bridgehead atoms. The molecule has 0 fully saturated rings. The van der Waals surface area contributed by atoms with Gasteiger partial charge in [0.25, 0.3) is 0 Å². The highest BCUT2D eigenvalue weighted by Crippen LogP contribution is 1.83. The fourth-order valence-corrected chi connectivity index (χ4v) is 0.322. The fourth-order valence-electron chi connectivity index (χ4n) is 0.238. The largest absolute Gasteiger partial charge is 0.450 e. The van der Waals surface area contributed by atoms with Gasteiger partial charge in [0.1, 0.15) is 6.54 Å². The van der Waals surface area contributed by atoms with E-state index in [2.05, 4.69) is 9.84 Å². The quantitative estimate of drug-likeness (QED) is 0.536. The second kappa shape index (κ2) is 4.27. The topological polar surface area (TPSA) is 55.4 Å². The Kier molecular flexibility index (Phi) is 3.97. The van der Waals surface area contributed by atoms with E-state index in [0.29, 0.717) is 0 Å². The van der Waals surface area contributed by atoms with Crippen molar-refractivity contribution >= 4 is 21.3 Å². The molecule has 0 heterocycles. The summed E-state index contributed by atoms with van der Waals surface area (Å²) in [5.41, 5.74) is 0. The van der Waals surface area contributed by atoms with E-state index in [1.807, 2.05) is 0 Å². The first kappa shape index (κ1) is 8.37. The van der Waals surface area contributed by atoms with E-state index in [4.69, 9.17) is 0 Å². The number of carbonyl (C=O) groups is 2. The van der Waals surface area contributed by atoms with E-state index in [-0.39, 0.29) is 12.5 Å². The molecule has 0 aromatic rings. The first-order valence-electron chi connectivity index (χ1n) is 2.31. The molecule has 4 nitrogen and oxygen atoms in total. The van der Waals surface area contributed by atoms with E-state index < -0.39 is 5.97 Å². The first-order valence-corrected chi connectivity index (χ1v) is 2.78. The Morgan fingerprint density at radius 3 is 2.56 bits per heavy atom. The molecule has 5 heteroatoms. The lowest BCUT2D eigenvalue weighted by molar-refractivity contribution is -0.134. The second-order valence-corrected chi connectivity index (χ2v) is 1.64. The molecule has 1 N–H and O–H groups in total. The molecule has 0 aromatic heterocycles. The van der Waals surface area contributed by atoms with Crippen LogP contribution in [-0.4, -0.2) is 18.4 Å². The average Bonchev–Trinajstić information content (AvgIpc) is 1.83. The molecular formula is C4H8NO3P. The molecule has 1 unspecified atom stereocenters. The summed E-state index contributed by atoms with van der Waals surface area (Å²) in [6.07, 6.45) is 0. The molecule has 1 atom stereocenters. The van der Waals surface area contributed by atoms with Crippen molar-refractivity contribution in [3.8, 4) is 0 Å². The lowest BCUT2D eigenvalue weighted by atomic mass is 10.6. The molecule has 0 rings (SSSR count). The van der Waals surface area contributed by atoms with Crippen molar-refractivity contribution in [2.75, 3.05) is 6.54 Å². The van der Waals surface area contributed by atoms with Gasteiger partial charge in [-0.1, -0.05) is 0 Å². The molecule has 0 radical (unpaired) electrons. The molecule has 0 saturated heterocycles. The fraction of sp³-hybridized carbons (Fsp3) is 0.500. The highest BCUT2D eigenvalue weighted by molar-refractivity contribution is 7.10. The molecule has 0 saturated carbocycles. The zero-order valence-electron chi connectivity index (χ0n) is 5.01. The van der Waals surface area contributed by atoms with Crippen molar-refractivity contribution in [2.45, 2.75) is 6.92 Å². The van der Waals surface area contributed by atoms with Crippen molar-refractivity contribution in [1.82, 2.24) is 5.32 Å². The van der Waals surface area contributed by atoms with Crippen LogP contribution in [0.2, 0.25) is 0 Å².